The average Bonchev–Trinajstić information content (AvgIpc) is 2.74. The van der Waals surface area contributed by atoms with E-state index in [0.29, 0.717) is 18.4 Å². The van der Waals surface area contributed by atoms with E-state index in [-0.39, 0.29) is 24.6 Å². The van der Waals surface area contributed by atoms with Crippen molar-refractivity contribution in [1.29, 1.82) is 0 Å². The third kappa shape index (κ3) is 3.94. The van der Waals surface area contributed by atoms with Crippen LogP contribution >= 0.6 is 0 Å². The van der Waals surface area contributed by atoms with Gasteiger partial charge in [-0.15, -0.1) is 0 Å². The molecule has 0 spiro atoms. The molecule has 0 aromatic heterocycles. The highest BCUT2D eigenvalue weighted by Gasteiger charge is 2.50. The summed E-state index contributed by atoms with van der Waals surface area (Å²) >= 11 is 0. The SMILES string of the molecule is CC(C)(C)OC(=O)N1C2CCC1CC(O)(Cc1ccc(F)c(F)c1)C2. The Kier molecular flexibility index (Phi) is 4.52. The van der Waals surface area contributed by atoms with Crippen molar-refractivity contribution in [3.8, 4) is 0 Å². The van der Waals surface area contributed by atoms with Crippen LogP contribution in [-0.4, -0.2) is 39.4 Å². The van der Waals surface area contributed by atoms with Crippen LogP contribution < -0.4 is 0 Å². The Labute approximate surface area is 146 Å². The van der Waals surface area contributed by atoms with Crippen molar-refractivity contribution in [2.75, 3.05) is 0 Å². The van der Waals surface area contributed by atoms with Gasteiger partial charge in [-0.1, -0.05) is 6.07 Å². The van der Waals surface area contributed by atoms with Crippen LogP contribution in [-0.2, 0) is 11.2 Å². The van der Waals surface area contributed by atoms with Gasteiger partial charge in [0.1, 0.15) is 5.60 Å². The van der Waals surface area contributed by atoms with E-state index in [2.05, 4.69) is 0 Å². The van der Waals surface area contributed by atoms with Gasteiger partial charge in [-0.3, -0.25) is 0 Å². The normalized spacial score (nSPS) is 29.0. The van der Waals surface area contributed by atoms with Gasteiger partial charge in [0, 0.05) is 18.5 Å². The van der Waals surface area contributed by atoms with E-state index in [1.165, 1.54) is 6.07 Å². The lowest BCUT2D eigenvalue weighted by molar-refractivity contribution is -0.0579. The number of fused-ring (bicyclic) bond motifs is 2. The Morgan fingerprint density at radius 2 is 1.84 bits per heavy atom. The highest BCUT2D eigenvalue weighted by atomic mass is 19.2. The van der Waals surface area contributed by atoms with Crippen molar-refractivity contribution in [2.24, 2.45) is 0 Å². The Hall–Kier alpha value is -1.69. The quantitative estimate of drug-likeness (QED) is 0.880. The van der Waals surface area contributed by atoms with E-state index in [9.17, 15) is 18.7 Å². The van der Waals surface area contributed by atoms with Gasteiger partial charge < -0.3 is 14.7 Å². The Balaban J connectivity index is 1.72. The van der Waals surface area contributed by atoms with Crippen LogP contribution in [0, 0.1) is 11.6 Å². The van der Waals surface area contributed by atoms with E-state index in [0.717, 1.165) is 25.0 Å². The molecule has 1 amide bonds. The van der Waals surface area contributed by atoms with Gasteiger partial charge in [-0.25, -0.2) is 13.6 Å². The van der Waals surface area contributed by atoms with Crippen LogP contribution in [0.4, 0.5) is 13.6 Å². The summed E-state index contributed by atoms with van der Waals surface area (Å²) in [6, 6.07) is 3.56. The largest absolute Gasteiger partial charge is 0.444 e. The number of rotatable bonds is 2. The highest BCUT2D eigenvalue weighted by molar-refractivity contribution is 5.69. The zero-order valence-electron chi connectivity index (χ0n) is 14.9. The molecule has 2 unspecified atom stereocenters. The third-order valence-electron chi connectivity index (χ3n) is 4.97. The van der Waals surface area contributed by atoms with Crippen molar-refractivity contribution < 1.29 is 23.4 Å². The summed E-state index contributed by atoms with van der Waals surface area (Å²) in [5.41, 5.74) is -1.02. The minimum absolute atomic E-state index is 0.0797. The molecule has 3 rings (SSSR count). The van der Waals surface area contributed by atoms with E-state index in [4.69, 9.17) is 4.74 Å². The average molecular weight is 353 g/mol. The van der Waals surface area contributed by atoms with Crippen LogP contribution in [0.5, 0.6) is 0 Å². The monoisotopic (exact) mass is 353 g/mol. The standard InChI is InChI=1S/C19H25F2NO3/c1-18(2,3)25-17(23)22-13-5-6-14(22)11-19(24,10-13)9-12-4-7-15(20)16(21)8-12/h4,7-8,13-14,24H,5-6,9-11H2,1-3H3. The Bertz CT molecular complexity index is 657. The molecule has 25 heavy (non-hydrogen) atoms. The summed E-state index contributed by atoms with van der Waals surface area (Å²) in [7, 11) is 0. The van der Waals surface area contributed by atoms with Crippen molar-refractivity contribution in [2.45, 2.75) is 76.2 Å². The minimum atomic E-state index is -1.02. The maximum atomic E-state index is 13.4. The van der Waals surface area contributed by atoms with Gasteiger partial charge in [-0.05, 0) is 64.2 Å². The molecule has 1 aromatic rings. The summed E-state index contributed by atoms with van der Waals surface area (Å²) in [6.07, 6.45) is 2.39. The molecule has 2 aliphatic heterocycles. The van der Waals surface area contributed by atoms with Crippen LogP contribution in [0.3, 0.4) is 0 Å². The van der Waals surface area contributed by atoms with E-state index in [1.807, 2.05) is 20.8 Å². The smallest absolute Gasteiger partial charge is 0.410 e. The lowest BCUT2D eigenvalue weighted by Gasteiger charge is -2.44. The molecule has 2 saturated heterocycles. The molecule has 0 aliphatic carbocycles. The second-order valence-electron chi connectivity index (χ2n) is 8.33. The fraction of sp³-hybridized carbons (Fsp3) is 0.632. The first-order valence-corrected chi connectivity index (χ1v) is 8.74. The van der Waals surface area contributed by atoms with Gasteiger partial charge in [0.2, 0.25) is 0 Å². The molecule has 6 heteroatoms. The minimum Gasteiger partial charge on any atom is -0.444 e. The summed E-state index contributed by atoms with van der Waals surface area (Å²) in [4.78, 5) is 14.2. The summed E-state index contributed by atoms with van der Waals surface area (Å²) in [5, 5.41) is 11.0. The maximum absolute atomic E-state index is 13.4. The molecule has 1 N–H and O–H groups in total. The zero-order valence-corrected chi connectivity index (χ0v) is 14.9. The fourth-order valence-electron chi connectivity index (χ4n) is 4.11. The molecule has 2 atom stereocenters. The van der Waals surface area contributed by atoms with Crippen LogP contribution in [0.25, 0.3) is 0 Å². The molecular weight excluding hydrogens is 328 g/mol. The number of benzene rings is 1. The van der Waals surface area contributed by atoms with Crippen molar-refractivity contribution in [1.82, 2.24) is 4.90 Å². The first-order chi connectivity index (χ1) is 11.6. The molecular formula is C19H25F2NO3. The second-order valence-corrected chi connectivity index (χ2v) is 8.33. The topological polar surface area (TPSA) is 49.8 Å². The third-order valence-corrected chi connectivity index (χ3v) is 4.97. The number of amides is 1. The molecule has 0 radical (unpaired) electrons. The van der Waals surface area contributed by atoms with Gasteiger partial charge in [-0.2, -0.15) is 0 Å². The molecule has 2 aliphatic rings. The number of carbonyl (C=O) groups excluding carboxylic acids is 1. The summed E-state index contributed by atoms with van der Waals surface area (Å²) in [5.74, 6) is -1.80. The highest BCUT2D eigenvalue weighted by Crippen LogP contribution is 2.43. The van der Waals surface area contributed by atoms with E-state index >= 15 is 0 Å². The van der Waals surface area contributed by atoms with E-state index in [1.54, 1.807) is 4.90 Å². The first-order valence-electron chi connectivity index (χ1n) is 8.74. The summed E-state index contributed by atoms with van der Waals surface area (Å²) in [6.45, 7) is 5.49. The number of nitrogens with zero attached hydrogens (tertiary/aromatic N) is 1. The number of hydrogen-bond acceptors (Lipinski definition) is 3. The molecule has 1 aromatic carbocycles. The lowest BCUT2D eigenvalue weighted by Crippen LogP contribution is -2.54. The fourth-order valence-corrected chi connectivity index (χ4v) is 4.11. The number of aliphatic hydroxyl groups is 1. The molecule has 4 nitrogen and oxygen atoms in total. The summed E-state index contributed by atoms with van der Waals surface area (Å²) < 4.78 is 32.0. The lowest BCUT2D eigenvalue weighted by atomic mass is 9.81. The molecule has 2 bridgehead atoms. The van der Waals surface area contributed by atoms with Crippen LogP contribution in [0.2, 0.25) is 0 Å². The number of piperidine rings is 1. The number of carbonyl (C=O) groups is 1. The number of halogens is 2. The van der Waals surface area contributed by atoms with Crippen molar-refractivity contribution >= 4 is 6.09 Å². The van der Waals surface area contributed by atoms with Crippen LogP contribution in [0.15, 0.2) is 18.2 Å². The van der Waals surface area contributed by atoms with Crippen LogP contribution in [0.1, 0.15) is 52.0 Å². The first kappa shape index (κ1) is 18.1. The Morgan fingerprint density at radius 3 is 2.36 bits per heavy atom. The van der Waals surface area contributed by atoms with Gasteiger partial charge in [0.05, 0.1) is 5.60 Å². The van der Waals surface area contributed by atoms with Gasteiger partial charge in [0.15, 0.2) is 11.6 Å². The Morgan fingerprint density at radius 1 is 1.24 bits per heavy atom. The van der Waals surface area contributed by atoms with Crippen molar-refractivity contribution in [3.63, 3.8) is 0 Å². The van der Waals surface area contributed by atoms with Gasteiger partial charge >= 0.3 is 6.09 Å². The predicted molar refractivity (Wildman–Crippen MR) is 89.1 cm³/mol. The van der Waals surface area contributed by atoms with Crippen molar-refractivity contribution in [3.05, 3.63) is 35.4 Å². The molecule has 138 valence electrons. The van der Waals surface area contributed by atoms with E-state index < -0.39 is 22.8 Å². The molecule has 0 saturated carbocycles. The number of hydrogen-bond donors (Lipinski definition) is 1. The predicted octanol–water partition coefficient (Wildman–Crippen LogP) is 3.80. The molecule has 2 heterocycles. The van der Waals surface area contributed by atoms with Gasteiger partial charge in [0.25, 0.3) is 0 Å². The zero-order chi connectivity index (χ0) is 18.4. The second kappa shape index (κ2) is 6.24. The maximum Gasteiger partial charge on any atom is 0.410 e. The molecule has 2 fully saturated rings. The number of ether oxygens (including phenoxy) is 1.